The van der Waals surface area contributed by atoms with Gasteiger partial charge in [-0.1, -0.05) is 15.9 Å². The van der Waals surface area contributed by atoms with Crippen LogP contribution in [0.2, 0.25) is 0 Å². The van der Waals surface area contributed by atoms with Crippen LogP contribution in [0.3, 0.4) is 0 Å². The Morgan fingerprint density at radius 3 is 2.41 bits per heavy atom. The van der Waals surface area contributed by atoms with Crippen LogP contribution in [0.1, 0.15) is 32.7 Å². The number of methoxy groups -OCH3 is 1. The largest absolute Gasteiger partial charge is 0.494 e. The third-order valence-corrected chi connectivity index (χ3v) is 7.09. The zero-order chi connectivity index (χ0) is 28.0. The molecule has 12 heteroatoms. The highest BCUT2D eigenvalue weighted by molar-refractivity contribution is 9.10. The lowest BCUT2D eigenvalue weighted by Gasteiger charge is -2.19. The Morgan fingerprint density at radius 2 is 1.72 bits per heavy atom. The van der Waals surface area contributed by atoms with Gasteiger partial charge in [-0.15, -0.1) is 0 Å². The number of esters is 1. The number of rotatable bonds is 6. The van der Waals surface area contributed by atoms with Crippen LogP contribution in [-0.2, 0) is 9.59 Å². The van der Waals surface area contributed by atoms with E-state index in [0.29, 0.717) is 32.5 Å². The van der Waals surface area contributed by atoms with E-state index in [0.717, 1.165) is 4.90 Å². The highest BCUT2D eigenvalue weighted by Gasteiger charge is 2.39. The summed E-state index contributed by atoms with van der Waals surface area (Å²) in [6.45, 7) is 1.70. The molecule has 1 fully saturated rings. The Kier molecular flexibility index (Phi) is 6.64. The third-order valence-electron chi connectivity index (χ3n) is 6.60. The second-order valence-corrected chi connectivity index (χ2v) is 9.94. The lowest BCUT2D eigenvalue weighted by Crippen LogP contribution is -2.30. The molecular formula is C27H20BrN3O8. The standard InChI is InChI=1S/C27H20BrN3O8/c1-14-9-18(5-8-21(14)30-25(33)19-6-3-16(28)11-20(19)26(30)34)39-27(35)15-10-24(32)29(13-15)22-7-4-17(31(36)37)12-23(22)38-2/h3-9,11-12,15H,10,13H2,1-2H3/t15-/m0/s1. The van der Waals surface area contributed by atoms with E-state index in [4.69, 9.17) is 9.47 Å². The molecule has 0 unspecified atom stereocenters. The number of halogens is 1. The molecule has 5 rings (SSSR count). The van der Waals surface area contributed by atoms with Crippen LogP contribution in [0, 0.1) is 23.0 Å². The van der Waals surface area contributed by atoms with Gasteiger partial charge < -0.3 is 14.4 Å². The van der Waals surface area contributed by atoms with Gasteiger partial charge in [0.25, 0.3) is 17.5 Å². The van der Waals surface area contributed by atoms with Gasteiger partial charge >= 0.3 is 5.97 Å². The van der Waals surface area contributed by atoms with Gasteiger partial charge in [-0.25, -0.2) is 4.90 Å². The fourth-order valence-electron chi connectivity index (χ4n) is 4.67. The van der Waals surface area contributed by atoms with Crippen LogP contribution >= 0.6 is 15.9 Å². The second kappa shape index (κ2) is 9.95. The number of imide groups is 1. The quantitative estimate of drug-likeness (QED) is 0.134. The number of hydrogen-bond donors (Lipinski definition) is 0. The molecule has 0 radical (unpaired) electrons. The van der Waals surface area contributed by atoms with E-state index >= 15 is 0 Å². The molecule has 198 valence electrons. The summed E-state index contributed by atoms with van der Waals surface area (Å²) in [6.07, 6.45) is -0.110. The number of hydrogen-bond acceptors (Lipinski definition) is 8. The van der Waals surface area contributed by atoms with E-state index in [9.17, 15) is 29.3 Å². The van der Waals surface area contributed by atoms with Crippen LogP contribution in [0.15, 0.2) is 59.1 Å². The minimum Gasteiger partial charge on any atom is -0.494 e. The van der Waals surface area contributed by atoms with Gasteiger partial charge in [0.1, 0.15) is 11.5 Å². The maximum absolute atomic E-state index is 12.9. The Balaban J connectivity index is 1.31. The predicted molar refractivity (Wildman–Crippen MR) is 142 cm³/mol. The number of nitro benzene ring substituents is 1. The number of nitro groups is 1. The average molecular weight is 594 g/mol. The van der Waals surface area contributed by atoms with Crippen molar-refractivity contribution in [3.8, 4) is 11.5 Å². The molecule has 3 amide bonds. The fourth-order valence-corrected chi connectivity index (χ4v) is 5.04. The number of non-ortho nitro benzene ring substituents is 1. The van der Waals surface area contributed by atoms with E-state index in [1.807, 2.05) is 0 Å². The number of carbonyl (C=O) groups is 4. The van der Waals surface area contributed by atoms with Crippen LogP contribution in [0.25, 0.3) is 0 Å². The molecule has 0 aliphatic carbocycles. The average Bonchev–Trinajstić information content (AvgIpc) is 3.40. The number of ether oxygens (including phenoxy) is 2. The van der Waals surface area contributed by atoms with Crippen molar-refractivity contribution in [1.82, 2.24) is 0 Å². The number of nitrogens with zero attached hydrogens (tertiary/aromatic N) is 3. The molecule has 3 aromatic rings. The first-order valence-corrected chi connectivity index (χ1v) is 12.5. The molecule has 11 nitrogen and oxygen atoms in total. The summed E-state index contributed by atoms with van der Waals surface area (Å²) in [5, 5.41) is 11.1. The second-order valence-electron chi connectivity index (χ2n) is 9.02. The molecule has 0 N–H and O–H groups in total. The van der Waals surface area contributed by atoms with Gasteiger partial charge in [0.15, 0.2) is 0 Å². The Bertz CT molecular complexity index is 1590. The summed E-state index contributed by atoms with van der Waals surface area (Å²) in [4.78, 5) is 64.4. The minimum absolute atomic E-state index is 0.00744. The monoisotopic (exact) mass is 593 g/mol. The van der Waals surface area contributed by atoms with E-state index < -0.39 is 28.6 Å². The SMILES string of the molecule is COc1cc([N+](=O)[O-])ccc1N1C[C@@H](C(=O)Oc2ccc(N3C(=O)c4ccc(Br)cc4C3=O)c(C)c2)CC1=O. The first-order chi connectivity index (χ1) is 18.6. The van der Waals surface area contributed by atoms with Crippen molar-refractivity contribution in [2.24, 2.45) is 5.92 Å². The first-order valence-electron chi connectivity index (χ1n) is 11.7. The molecule has 0 bridgehead atoms. The van der Waals surface area contributed by atoms with E-state index in [1.165, 1.54) is 42.3 Å². The Labute approximate surface area is 230 Å². The summed E-state index contributed by atoms with van der Waals surface area (Å²) >= 11 is 3.31. The molecule has 2 aliphatic rings. The molecule has 39 heavy (non-hydrogen) atoms. The van der Waals surface area contributed by atoms with Gasteiger partial charge in [0.2, 0.25) is 5.91 Å². The molecular weight excluding hydrogens is 574 g/mol. The number of amides is 3. The molecule has 0 spiro atoms. The highest BCUT2D eigenvalue weighted by Crippen LogP contribution is 2.37. The fraction of sp³-hybridized carbons (Fsp3) is 0.185. The summed E-state index contributed by atoms with van der Waals surface area (Å²) in [5.74, 6) is -2.33. The van der Waals surface area contributed by atoms with Crippen LogP contribution in [-0.4, -0.2) is 42.3 Å². The van der Waals surface area contributed by atoms with Crippen molar-refractivity contribution in [1.29, 1.82) is 0 Å². The van der Waals surface area contributed by atoms with Crippen LogP contribution in [0.4, 0.5) is 17.1 Å². The normalized spacial score (nSPS) is 16.5. The maximum atomic E-state index is 12.9. The summed E-state index contributed by atoms with van der Waals surface area (Å²) in [7, 11) is 1.34. The molecule has 2 heterocycles. The molecule has 1 atom stereocenters. The van der Waals surface area contributed by atoms with E-state index in [-0.39, 0.29) is 36.1 Å². The number of benzene rings is 3. The summed E-state index contributed by atoms with van der Waals surface area (Å²) in [5.41, 5.74) is 1.63. The molecule has 0 aromatic heterocycles. The number of aryl methyl sites for hydroxylation is 1. The molecule has 0 saturated carbocycles. The van der Waals surface area contributed by atoms with Crippen molar-refractivity contribution >= 4 is 56.7 Å². The Hall–Kier alpha value is -4.58. The van der Waals surface area contributed by atoms with Gasteiger partial charge in [-0.3, -0.25) is 29.3 Å². The zero-order valence-corrected chi connectivity index (χ0v) is 22.3. The van der Waals surface area contributed by atoms with Crippen molar-refractivity contribution < 1.29 is 33.6 Å². The van der Waals surface area contributed by atoms with Gasteiger partial charge in [0.05, 0.1) is 46.5 Å². The molecule has 1 saturated heterocycles. The molecule has 2 aliphatic heterocycles. The maximum Gasteiger partial charge on any atom is 0.316 e. The van der Waals surface area contributed by atoms with Crippen LogP contribution in [0.5, 0.6) is 11.5 Å². The smallest absolute Gasteiger partial charge is 0.316 e. The van der Waals surface area contributed by atoms with Crippen LogP contribution < -0.4 is 19.3 Å². The van der Waals surface area contributed by atoms with Gasteiger partial charge in [-0.05, 0) is 55.0 Å². The first kappa shape index (κ1) is 26.0. The van der Waals surface area contributed by atoms with Gasteiger partial charge in [-0.2, -0.15) is 0 Å². The van der Waals surface area contributed by atoms with Crippen molar-refractivity contribution in [3.63, 3.8) is 0 Å². The lowest BCUT2D eigenvalue weighted by molar-refractivity contribution is -0.384. The van der Waals surface area contributed by atoms with Gasteiger partial charge in [0, 0.05) is 23.5 Å². The number of anilines is 2. The lowest BCUT2D eigenvalue weighted by atomic mass is 10.1. The summed E-state index contributed by atoms with van der Waals surface area (Å²) in [6, 6.07) is 13.3. The number of fused-ring (bicyclic) bond motifs is 1. The van der Waals surface area contributed by atoms with Crippen molar-refractivity contribution in [2.75, 3.05) is 23.5 Å². The minimum atomic E-state index is -0.785. The summed E-state index contributed by atoms with van der Waals surface area (Å²) < 4.78 is 11.4. The van der Waals surface area contributed by atoms with Crippen molar-refractivity contribution in [3.05, 3.63) is 85.9 Å². The number of carbonyl (C=O) groups excluding carboxylic acids is 4. The predicted octanol–water partition coefficient (Wildman–Crippen LogP) is 4.43. The topological polar surface area (TPSA) is 136 Å². The molecule has 3 aromatic carbocycles. The van der Waals surface area contributed by atoms with Crippen molar-refractivity contribution in [2.45, 2.75) is 13.3 Å². The Morgan fingerprint density at radius 1 is 1.00 bits per heavy atom. The van der Waals surface area contributed by atoms with E-state index in [2.05, 4.69) is 15.9 Å². The van der Waals surface area contributed by atoms with E-state index in [1.54, 1.807) is 31.2 Å². The highest BCUT2D eigenvalue weighted by atomic mass is 79.9. The third kappa shape index (κ3) is 4.63. The zero-order valence-electron chi connectivity index (χ0n) is 20.7.